The summed E-state index contributed by atoms with van der Waals surface area (Å²) in [6.45, 7) is 3.61. The van der Waals surface area contributed by atoms with Gasteiger partial charge in [-0.15, -0.1) is 0 Å². The molecule has 3 aromatic rings. The largest absolute Gasteiger partial charge is 0.451 e. The third-order valence-electron chi connectivity index (χ3n) is 3.94. The highest BCUT2D eigenvalue weighted by atomic mass is 35.5. The van der Waals surface area contributed by atoms with Crippen molar-refractivity contribution >= 4 is 46.4 Å². The molecule has 28 heavy (non-hydrogen) atoms. The van der Waals surface area contributed by atoms with Gasteiger partial charge in [0.1, 0.15) is 5.76 Å². The molecule has 2 N–H and O–H groups in total. The van der Waals surface area contributed by atoms with E-state index in [9.17, 15) is 9.59 Å². The molecule has 0 saturated heterocycles. The Labute approximate surface area is 172 Å². The minimum Gasteiger partial charge on any atom is -0.451 e. The second-order valence-electron chi connectivity index (χ2n) is 6.47. The van der Waals surface area contributed by atoms with Crippen molar-refractivity contribution in [2.45, 2.75) is 13.8 Å². The van der Waals surface area contributed by atoms with Crippen LogP contribution in [-0.4, -0.2) is 11.8 Å². The highest BCUT2D eigenvalue weighted by Gasteiger charge is 2.15. The standard InChI is InChI=1S/C21H18Cl2N2O3/c1-12(2)20(26)24-14-4-3-5-15(11-14)25-21(27)19-9-8-18(28-19)16-10-13(22)6-7-17(16)23/h3-12H,1-2H3,(H,24,26)(H,25,27). The van der Waals surface area contributed by atoms with E-state index in [1.165, 1.54) is 0 Å². The Hall–Kier alpha value is -2.76. The van der Waals surface area contributed by atoms with Crippen molar-refractivity contribution in [2.75, 3.05) is 10.6 Å². The van der Waals surface area contributed by atoms with E-state index >= 15 is 0 Å². The average Bonchev–Trinajstić information content (AvgIpc) is 3.14. The van der Waals surface area contributed by atoms with E-state index in [2.05, 4.69) is 10.6 Å². The second-order valence-corrected chi connectivity index (χ2v) is 7.31. The van der Waals surface area contributed by atoms with Crippen LogP contribution in [0.15, 0.2) is 59.0 Å². The van der Waals surface area contributed by atoms with Gasteiger partial charge in [-0.25, -0.2) is 0 Å². The Morgan fingerprint density at radius 3 is 2.36 bits per heavy atom. The molecule has 144 valence electrons. The number of amides is 2. The van der Waals surface area contributed by atoms with Crippen LogP contribution in [0, 0.1) is 5.92 Å². The third kappa shape index (κ3) is 4.74. The van der Waals surface area contributed by atoms with Crippen molar-refractivity contribution in [1.29, 1.82) is 0 Å². The number of hydrogen-bond acceptors (Lipinski definition) is 3. The van der Waals surface area contributed by atoms with E-state index < -0.39 is 5.91 Å². The summed E-state index contributed by atoms with van der Waals surface area (Å²) in [6, 6.07) is 15.1. The molecule has 0 atom stereocenters. The minimum absolute atomic E-state index is 0.0995. The zero-order valence-corrected chi connectivity index (χ0v) is 16.8. The van der Waals surface area contributed by atoms with E-state index in [0.717, 1.165) is 0 Å². The lowest BCUT2D eigenvalue weighted by molar-refractivity contribution is -0.118. The third-order valence-corrected chi connectivity index (χ3v) is 4.50. The Kier molecular flexibility index (Phi) is 6.07. The molecule has 1 aromatic heterocycles. The number of carbonyl (C=O) groups excluding carboxylic acids is 2. The number of hydrogen-bond donors (Lipinski definition) is 2. The first-order valence-corrected chi connectivity index (χ1v) is 9.36. The molecule has 0 aliphatic heterocycles. The van der Waals surface area contributed by atoms with Crippen LogP contribution in [0.3, 0.4) is 0 Å². The highest BCUT2D eigenvalue weighted by molar-refractivity contribution is 6.35. The Morgan fingerprint density at radius 2 is 1.64 bits per heavy atom. The van der Waals surface area contributed by atoms with E-state index in [-0.39, 0.29) is 17.6 Å². The van der Waals surface area contributed by atoms with Crippen LogP contribution in [0.4, 0.5) is 11.4 Å². The van der Waals surface area contributed by atoms with Crippen LogP contribution in [0.1, 0.15) is 24.4 Å². The van der Waals surface area contributed by atoms with Crippen LogP contribution >= 0.6 is 23.2 Å². The highest BCUT2D eigenvalue weighted by Crippen LogP contribution is 2.32. The maximum absolute atomic E-state index is 12.5. The van der Waals surface area contributed by atoms with Crippen molar-refractivity contribution in [2.24, 2.45) is 5.92 Å². The number of anilines is 2. The molecule has 0 radical (unpaired) electrons. The molecule has 3 rings (SSSR count). The monoisotopic (exact) mass is 416 g/mol. The first-order valence-electron chi connectivity index (χ1n) is 8.61. The van der Waals surface area contributed by atoms with E-state index in [1.54, 1.807) is 54.6 Å². The lowest BCUT2D eigenvalue weighted by Gasteiger charge is -2.09. The molecule has 0 unspecified atom stereocenters. The van der Waals surface area contributed by atoms with Gasteiger partial charge in [-0.2, -0.15) is 0 Å². The van der Waals surface area contributed by atoms with Crippen LogP contribution in [0.25, 0.3) is 11.3 Å². The number of benzene rings is 2. The first-order chi connectivity index (χ1) is 13.3. The number of nitrogens with one attached hydrogen (secondary N) is 2. The van der Waals surface area contributed by atoms with Crippen molar-refractivity contribution in [3.05, 3.63) is 70.4 Å². The molecule has 0 aliphatic carbocycles. The van der Waals surface area contributed by atoms with Crippen LogP contribution < -0.4 is 10.6 Å². The number of rotatable bonds is 5. The average molecular weight is 417 g/mol. The fourth-order valence-corrected chi connectivity index (χ4v) is 2.83. The molecule has 7 heteroatoms. The maximum atomic E-state index is 12.5. The first kappa shape index (κ1) is 20.0. The molecular formula is C21H18Cl2N2O3. The molecule has 0 bridgehead atoms. The zero-order valence-electron chi connectivity index (χ0n) is 15.3. The van der Waals surface area contributed by atoms with Gasteiger partial charge in [0.15, 0.2) is 5.76 Å². The Balaban J connectivity index is 1.75. The van der Waals surface area contributed by atoms with Crippen molar-refractivity contribution in [3.8, 4) is 11.3 Å². The van der Waals surface area contributed by atoms with Gasteiger partial charge in [0.25, 0.3) is 5.91 Å². The van der Waals surface area contributed by atoms with E-state index in [1.807, 2.05) is 13.8 Å². The van der Waals surface area contributed by atoms with Gasteiger partial charge in [-0.3, -0.25) is 9.59 Å². The quantitative estimate of drug-likeness (QED) is 0.527. The molecule has 0 spiro atoms. The summed E-state index contributed by atoms with van der Waals surface area (Å²) in [4.78, 5) is 24.3. The maximum Gasteiger partial charge on any atom is 0.291 e. The smallest absolute Gasteiger partial charge is 0.291 e. The van der Waals surface area contributed by atoms with Gasteiger partial charge in [0.05, 0.1) is 5.02 Å². The summed E-state index contributed by atoms with van der Waals surface area (Å²) >= 11 is 12.2. The summed E-state index contributed by atoms with van der Waals surface area (Å²) in [5.41, 5.74) is 1.74. The predicted molar refractivity (Wildman–Crippen MR) is 112 cm³/mol. The fourth-order valence-electron chi connectivity index (χ4n) is 2.44. The fraction of sp³-hybridized carbons (Fsp3) is 0.143. The van der Waals surface area contributed by atoms with Gasteiger partial charge < -0.3 is 15.1 Å². The summed E-state index contributed by atoms with van der Waals surface area (Å²) in [7, 11) is 0. The molecule has 5 nitrogen and oxygen atoms in total. The molecule has 2 aromatic carbocycles. The molecule has 0 aliphatic rings. The van der Waals surface area contributed by atoms with Crippen molar-refractivity contribution in [1.82, 2.24) is 0 Å². The van der Waals surface area contributed by atoms with E-state index in [4.69, 9.17) is 27.6 Å². The summed E-state index contributed by atoms with van der Waals surface area (Å²) in [5.74, 6) is -0.0920. The zero-order chi connectivity index (χ0) is 20.3. The Bertz CT molecular complexity index is 1030. The van der Waals surface area contributed by atoms with Gasteiger partial charge in [-0.05, 0) is 48.5 Å². The molecule has 1 heterocycles. The second kappa shape index (κ2) is 8.50. The number of carbonyl (C=O) groups is 2. The summed E-state index contributed by atoms with van der Waals surface area (Å²) in [5, 5.41) is 6.53. The summed E-state index contributed by atoms with van der Waals surface area (Å²) in [6.07, 6.45) is 0. The van der Waals surface area contributed by atoms with Gasteiger partial charge in [0, 0.05) is 27.9 Å². The summed E-state index contributed by atoms with van der Waals surface area (Å²) < 4.78 is 5.64. The predicted octanol–water partition coefficient (Wildman–Crippen LogP) is 6.10. The SMILES string of the molecule is CC(C)C(=O)Nc1cccc(NC(=O)c2ccc(-c3cc(Cl)ccc3Cl)o2)c1. The Morgan fingerprint density at radius 1 is 0.929 bits per heavy atom. The van der Waals surface area contributed by atoms with Crippen LogP contribution in [0.2, 0.25) is 10.0 Å². The topological polar surface area (TPSA) is 71.3 Å². The van der Waals surface area contributed by atoms with Crippen molar-refractivity contribution in [3.63, 3.8) is 0 Å². The van der Waals surface area contributed by atoms with Gasteiger partial charge >= 0.3 is 0 Å². The lowest BCUT2D eigenvalue weighted by Crippen LogP contribution is -2.18. The number of halogens is 2. The molecule has 2 amide bonds. The van der Waals surface area contributed by atoms with Crippen LogP contribution in [0.5, 0.6) is 0 Å². The van der Waals surface area contributed by atoms with Crippen molar-refractivity contribution < 1.29 is 14.0 Å². The van der Waals surface area contributed by atoms with Crippen LogP contribution in [-0.2, 0) is 4.79 Å². The molecular weight excluding hydrogens is 399 g/mol. The number of furan rings is 1. The van der Waals surface area contributed by atoms with Gasteiger partial charge in [0.2, 0.25) is 5.91 Å². The van der Waals surface area contributed by atoms with E-state index in [0.29, 0.717) is 32.7 Å². The minimum atomic E-state index is -0.420. The lowest BCUT2D eigenvalue weighted by atomic mass is 10.2. The van der Waals surface area contributed by atoms with Gasteiger partial charge in [-0.1, -0.05) is 43.1 Å². The normalized spacial score (nSPS) is 10.8. The molecule has 0 fully saturated rings. The molecule has 0 saturated carbocycles.